The maximum absolute atomic E-state index is 11.4. The molecule has 0 saturated heterocycles. The average molecular weight is 257 g/mol. The van der Waals surface area contributed by atoms with E-state index in [2.05, 4.69) is 20.8 Å². The summed E-state index contributed by atoms with van der Waals surface area (Å²) in [5, 5.41) is 13.8. The van der Waals surface area contributed by atoms with E-state index in [1.807, 2.05) is 27.7 Å². The molecular weight excluding hydrogens is 240 g/mol. The zero-order valence-electron chi connectivity index (χ0n) is 10.5. The molecule has 0 radical (unpaired) electrons. The van der Waals surface area contributed by atoms with Crippen LogP contribution in [0.1, 0.15) is 25.0 Å². The fraction of sp³-hybridized carbons (Fsp3) is 0.545. The van der Waals surface area contributed by atoms with Crippen molar-refractivity contribution >= 4 is 23.3 Å². The van der Waals surface area contributed by atoms with Crippen molar-refractivity contribution in [2.24, 2.45) is 0 Å². The maximum atomic E-state index is 11.4. The second-order valence-electron chi connectivity index (χ2n) is 4.17. The van der Waals surface area contributed by atoms with Crippen LogP contribution in [-0.4, -0.2) is 28.7 Å². The van der Waals surface area contributed by atoms with Gasteiger partial charge in [0.25, 0.3) is 0 Å². The van der Waals surface area contributed by atoms with E-state index >= 15 is 0 Å². The SMILES string of the molecule is Cc1c(Cl)nnc(NCC(=O)NC(C)C)c1C. The van der Waals surface area contributed by atoms with Crippen LogP contribution in [0.4, 0.5) is 5.82 Å². The number of nitrogens with one attached hydrogen (secondary N) is 2. The largest absolute Gasteiger partial charge is 0.359 e. The number of hydrogen-bond acceptors (Lipinski definition) is 4. The number of rotatable bonds is 4. The highest BCUT2D eigenvalue weighted by Gasteiger charge is 2.09. The molecule has 0 bridgehead atoms. The van der Waals surface area contributed by atoms with E-state index in [1.54, 1.807) is 0 Å². The second-order valence-corrected chi connectivity index (χ2v) is 4.52. The van der Waals surface area contributed by atoms with E-state index in [-0.39, 0.29) is 18.5 Å². The second kappa shape index (κ2) is 5.82. The normalized spacial score (nSPS) is 10.5. The van der Waals surface area contributed by atoms with E-state index in [0.29, 0.717) is 11.0 Å². The highest BCUT2D eigenvalue weighted by molar-refractivity contribution is 6.30. The Balaban J connectivity index is 2.64. The van der Waals surface area contributed by atoms with E-state index in [0.717, 1.165) is 11.1 Å². The molecule has 1 heterocycles. The van der Waals surface area contributed by atoms with E-state index < -0.39 is 0 Å². The molecule has 0 aliphatic rings. The lowest BCUT2D eigenvalue weighted by Gasteiger charge is -2.11. The molecule has 2 N–H and O–H groups in total. The van der Waals surface area contributed by atoms with Crippen LogP contribution in [0.3, 0.4) is 0 Å². The number of carbonyl (C=O) groups excluding carboxylic acids is 1. The van der Waals surface area contributed by atoms with Crippen molar-refractivity contribution in [3.8, 4) is 0 Å². The summed E-state index contributed by atoms with van der Waals surface area (Å²) in [7, 11) is 0. The molecule has 5 nitrogen and oxygen atoms in total. The van der Waals surface area contributed by atoms with E-state index in [4.69, 9.17) is 11.6 Å². The molecule has 1 amide bonds. The number of halogens is 1. The van der Waals surface area contributed by atoms with Gasteiger partial charge in [0.15, 0.2) is 11.0 Å². The summed E-state index contributed by atoms with van der Waals surface area (Å²) in [6.45, 7) is 7.75. The molecule has 1 aromatic rings. The first-order valence-electron chi connectivity index (χ1n) is 5.44. The smallest absolute Gasteiger partial charge is 0.239 e. The minimum Gasteiger partial charge on any atom is -0.359 e. The van der Waals surface area contributed by atoms with Crippen LogP contribution < -0.4 is 10.6 Å². The predicted molar refractivity (Wildman–Crippen MR) is 68.3 cm³/mol. The molecule has 0 unspecified atom stereocenters. The van der Waals surface area contributed by atoms with Crippen molar-refractivity contribution < 1.29 is 4.79 Å². The van der Waals surface area contributed by atoms with E-state index in [9.17, 15) is 4.79 Å². The lowest BCUT2D eigenvalue weighted by Crippen LogP contribution is -2.35. The molecule has 0 aliphatic carbocycles. The molecule has 6 heteroatoms. The third-order valence-electron chi connectivity index (χ3n) is 2.33. The first-order valence-corrected chi connectivity index (χ1v) is 5.82. The highest BCUT2D eigenvalue weighted by Crippen LogP contribution is 2.20. The monoisotopic (exact) mass is 256 g/mol. The van der Waals surface area contributed by atoms with Gasteiger partial charge in [-0.25, -0.2) is 0 Å². The molecule has 0 aliphatic heterocycles. The Labute approximate surface area is 106 Å². The third-order valence-corrected chi connectivity index (χ3v) is 2.69. The maximum Gasteiger partial charge on any atom is 0.239 e. The molecule has 17 heavy (non-hydrogen) atoms. The van der Waals surface area contributed by atoms with Crippen LogP contribution in [-0.2, 0) is 4.79 Å². The molecule has 0 atom stereocenters. The van der Waals surface area contributed by atoms with Crippen LogP contribution in [0.15, 0.2) is 0 Å². The number of hydrogen-bond donors (Lipinski definition) is 2. The standard InChI is InChI=1S/C11H17ClN4O/c1-6(2)14-9(17)5-13-11-8(4)7(3)10(12)15-16-11/h6H,5H2,1-4H3,(H,13,16)(H,14,17). The van der Waals surface area contributed by atoms with Gasteiger partial charge in [-0.1, -0.05) is 11.6 Å². The molecule has 0 saturated carbocycles. The molecule has 0 fully saturated rings. The van der Waals surface area contributed by atoms with Crippen molar-refractivity contribution in [2.45, 2.75) is 33.7 Å². The summed E-state index contributed by atoms with van der Waals surface area (Å²) < 4.78 is 0. The fourth-order valence-corrected chi connectivity index (χ4v) is 1.46. The Hall–Kier alpha value is -1.36. The van der Waals surface area contributed by atoms with Gasteiger partial charge in [-0.3, -0.25) is 4.79 Å². The zero-order chi connectivity index (χ0) is 13.0. The van der Waals surface area contributed by atoms with Gasteiger partial charge < -0.3 is 10.6 Å². The molecule has 1 rings (SSSR count). The van der Waals surface area contributed by atoms with Gasteiger partial charge >= 0.3 is 0 Å². The van der Waals surface area contributed by atoms with Crippen LogP contribution in [0.5, 0.6) is 0 Å². The quantitative estimate of drug-likeness (QED) is 0.860. The summed E-state index contributed by atoms with van der Waals surface area (Å²) in [5.74, 6) is 0.514. The summed E-state index contributed by atoms with van der Waals surface area (Å²) in [6, 6.07) is 0.128. The minimum atomic E-state index is -0.0752. The lowest BCUT2D eigenvalue weighted by atomic mass is 10.2. The number of anilines is 1. The van der Waals surface area contributed by atoms with E-state index in [1.165, 1.54) is 0 Å². The van der Waals surface area contributed by atoms with Crippen LogP contribution >= 0.6 is 11.6 Å². The average Bonchev–Trinajstić information content (AvgIpc) is 2.24. The Morgan fingerprint density at radius 3 is 2.53 bits per heavy atom. The van der Waals surface area contributed by atoms with Gasteiger partial charge in [-0.2, -0.15) is 0 Å². The summed E-state index contributed by atoms with van der Waals surface area (Å²) >= 11 is 5.84. The molecule has 0 spiro atoms. The first-order chi connectivity index (χ1) is 7.91. The molecule has 94 valence electrons. The first kappa shape index (κ1) is 13.7. The van der Waals surface area contributed by atoms with Gasteiger partial charge in [0, 0.05) is 6.04 Å². The Morgan fingerprint density at radius 2 is 1.94 bits per heavy atom. The van der Waals surface area contributed by atoms with Gasteiger partial charge in [-0.05, 0) is 38.8 Å². The van der Waals surface area contributed by atoms with Crippen molar-refractivity contribution in [2.75, 3.05) is 11.9 Å². The van der Waals surface area contributed by atoms with Crippen molar-refractivity contribution in [3.05, 3.63) is 16.3 Å². The number of nitrogens with zero attached hydrogens (tertiary/aromatic N) is 2. The fourth-order valence-electron chi connectivity index (χ4n) is 1.28. The lowest BCUT2D eigenvalue weighted by molar-refractivity contribution is -0.119. The zero-order valence-corrected chi connectivity index (χ0v) is 11.2. The summed E-state index contributed by atoms with van der Waals surface area (Å²) in [5.41, 5.74) is 1.77. The minimum absolute atomic E-state index is 0.0752. The number of carbonyl (C=O) groups is 1. The van der Waals surface area contributed by atoms with Crippen LogP contribution in [0, 0.1) is 13.8 Å². The van der Waals surface area contributed by atoms with Gasteiger partial charge in [0.05, 0.1) is 6.54 Å². The van der Waals surface area contributed by atoms with Crippen molar-refractivity contribution in [1.29, 1.82) is 0 Å². The van der Waals surface area contributed by atoms with Crippen molar-refractivity contribution in [1.82, 2.24) is 15.5 Å². The summed E-state index contributed by atoms with van der Waals surface area (Å²) in [6.07, 6.45) is 0. The third kappa shape index (κ3) is 3.85. The summed E-state index contributed by atoms with van der Waals surface area (Å²) in [4.78, 5) is 11.4. The van der Waals surface area contributed by atoms with Gasteiger partial charge in [0.1, 0.15) is 0 Å². The Kier molecular flexibility index (Phi) is 4.69. The topological polar surface area (TPSA) is 66.9 Å². The van der Waals surface area contributed by atoms with Gasteiger partial charge in [0.2, 0.25) is 5.91 Å². The Bertz CT molecular complexity index is 420. The Morgan fingerprint density at radius 1 is 1.29 bits per heavy atom. The van der Waals surface area contributed by atoms with Crippen LogP contribution in [0.25, 0.3) is 0 Å². The molecule has 1 aromatic heterocycles. The molecule has 0 aromatic carbocycles. The highest BCUT2D eigenvalue weighted by atomic mass is 35.5. The number of aromatic nitrogens is 2. The van der Waals surface area contributed by atoms with Gasteiger partial charge in [-0.15, -0.1) is 10.2 Å². The number of amides is 1. The van der Waals surface area contributed by atoms with Crippen molar-refractivity contribution in [3.63, 3.8) is 0 Å². The predicted octanol–water partition coefficient (Wildman–Crippen LogP) is 1.68. The molecular formula is C11H17ClN4O. The van der Waals surface area contributed by atoms with Crippen LogP contribution in [0.2, 0.25) is 5.15 Å².